The standard InChI is InChI=1S/C20H23NO4/c22-20(23)16-7-5-6-15(12-16)13-21-18-9-1-2-10-19(18)25-14-17-8-3-4-11-24-17/h1-2,5-7,9-10,12,17,21H,3-4,8,11,13-14H2,(H,22,23). The van der Waals surface area contributed by atoms with Gasteiger partial charge in [-0.05, 0) is 49.1 Å². The van der Waals surface area contributed by atoms with Crippen molar-refractivity contribution in [3.8, 4) is 5.75 Å². The van der Waals surface area contributed by atoms with Crippen molar-refractivity contribution in [1.29, 1.82) is 0 Å². The maximum absolute atomic E-state index is 11.1. The minimum Gasteiger partial charge on any atom is -0.489 e. The molecule has 5 nitrogen and oxygen atoms in total. The monoisotopic (exact) mass is 341 g/mol. The number of rotatable bonds is 7. The van der Waals surface area contributed by atoms with E-state index in [9.17, 15) is 4.79 Å². The average molecular weight is 341 g/mol. The van der Waals surface area contributed by atoms with Gasteiger partial charge in [0.25, 0.3) is 0 Å². The fourth-order valence-corrected chi connectivity index (χ4v) is 2.87. The highest BCUT2D eigenvalue weighted by atomic mass is 16.5. The molecule has 132 valence electrons. The van der Waals surface area contributed by atoms with Gasteiger partial charge in [0, 0.05) is 13.2 Å². The molecule has 1 heterocycles. The van der Waals surface area contributed by atoms with Crippen LogP contribution in [0.3, 0.4) is 0 Å². The number of benzene rings is 2. The summed E-state index contributed by atoms with van der Waals surface area (Å²) in [5, 5.41) is 12.4. The number of nitrogens with one attached hydrogen (secondary N) is 1. The molecule has 2 N–H and O–H groups in total. The summed E-state index contributed by atoms with van der Waals surface area (Å²) in [6.45, 7) is 1.89. The van der Waals surface area contributed by atoms with E-state index < -0.39 is 5.97 Å². The van der Waals surface area contributed by atoms with Crippen molar-refractivity contribution in [3.05, 3.63) is 59.7 Å². The molecule has 25 heavy (non-hydrogen) atoms. The average Bonchev–Trinajstić information content (AvgIpc) is 2.66. The highest BCUT2D eigenvalue weighted by Gasteiger charge is 2.15. The van der Waals surface area contributed by atoms with Crippen LogP contribution in [0.1, 0.15) is 35.2 Å². The Morgan fingerprint density at radius 2 is 2.08 bits per heavy atom. The quantitative estimate of drug-likeness (QED) is 0.798. The van der Waals surface area contributed by atoms with Crippen molar-refractivity contribution in [2.75, 3.05) is 18.5 Å². The molecule has 1 aliphatic rings. The van der Waals surface area contributed by atoms with E-state index in [2.05, 4.69) is 5.32 Å². The maximum atomic E-state index is 11.1. The Bertz CT molecular complexity index is 710. The lowest BCUT2D eigenvalue weighted by Crippen LogP contribution is -2.26. The zero-order chi connectivity index (χ0) is 17.5. The molecule has 0 aliphatic carbocycles. The summed E-state index contributed by atoms with van der Waals surface area (Å²) in [6.07, 6.45) is 3.52. The molecule has 0 bridgehead atoms. The molecule has 1 saturated heterocycles. The highest BCUT2D eigenvalue weighted by molar-refractivity contribution is 5.87. The first-order valence-electron chi connectivity index (χ1n) is 8.62. The molecule has 1 fully saturated rings. The molecule has 1 atom stereocenters. The van der Waals surface area contributed by atoms with E-state index in [1.54, 1.807) is 18.2 Å². The number of carbonyl (C=O) groups is 1. The summed E-state index contributed by atoms with van der Waals surface area (Å²) in [6, 6.07) is 14.7. The number of aromatic carboxylic acids is 1. The SMILES string of the molecule is O=C(O)c1cccc(CNc2ccccc2OCC2CCCCO2)c1. The molecular weight excluding hydrogens is 318 g/mol. The molecule has 0 spiro atoms. The fourth-order valence-electron chi connectivity index (χ4n) is 2.87. The van der Waals surface area contributed by atoms with Gasteiger partial charge in [0.15, 0.2) is 0 Å². The third-order valence-electron chi connectivity index (χ3n) is 4.24. The van der Waals surface area contributed by atoms with Gasteiger partial charge in [-0.25, -0.2) is 4.79 Å². The second-order valence-electron chi connectivity index (χ2n) is 6.15. The zero-order valence-corrected chi connectivity index (χ0v) is 14.1. The fraction of sp³-hybridized carbons (Fsp3) is 0.350. The summed E-state index contributed by atoms with van der Waals surface area (Å²) >= 11 is 0. The van der Waals surface area contributed by atoms with Crippen molar-refractivity contribution in [2.24, 2.45) is 0 Å². The van der Waals surface area contributed by atoms with E-state index in [1.807, 2.05) is 30.3 Å². The van der Waals surface area contributed by atoms with Gasteiger partial charge < -0.3 is 19.9 Å². The topological polar surface area (TPSA) is 67.8 Å². The molecule has 0 radical (unpaired) electrons. The molecule has 0 aromatic heterocycles. The minimum atomic E-state index is -0.918. The van der Waals surface area contributed by atoms with Crippen molar-refractivity contribution < 1.29 is 19.4 Å². The van der Waals surface area contributed by atoms with Crippen molar-refractivity contribution >= 4 is 11.7 Å². The lowest BCUT2D eigenvalue weighted by atomic mass is 10.1. The van der Waals surface area contributed by atoms with E-state index in [0.717, 1.165) is 36.4 Å². The number of carboxylic acids is 1. The zero-order valence-electron chi connectivity index (χ0n) is 14.1. The van der Waals surface area contributed by atoms with Gasteiger partial charge in [-0.2, -0.15) is 0 Å². The van der Waals surface area contributed by atoms with Crippen LogP contribution in [-0.4, -0.2) is 30.4 Å². The molecule has 1 unspecified atom stereocenters. The van der Waals surface area contributed by atoms with Crippen molar-refractivity contribution in [2.45, 2.75) is 31.9 Å². The second kappa shape index (κ2) is 8.53. The third kappa shape index (κ3) is 4.97. The van der Waals surface area contributed by atoms with Gasteiger partial charge in [-0.1, -0.05) is 24.3 Å². The Labute approximate surface area is 147 Å². The summed E-state index contributed by atoms with van der Waals surface area (Å²) in [4.78, 5) is 11.1. The third-order valence-corrected chi connectivity index (χ3v) is 4.24. The Balaban J connectivity index is 1.60. The molecule has 1 aliphatic heterocycles. The minimum absolute atomic E-state index is 0.161. The van der Waals surface area contributed by atoms with Crippen LogP contribution >= 0.6 is 0 Å². The van der Waals surface area contributed by atoms with Gasteiger partial charge in [0.2, 0.25) is 0 Å². The summed E-state index contributed by atoms with van der Waals surface area (Å²) in [7, 11) is 0. The Hall–Kier alpha value is -2.53. The van der Waals surface area contributed by atoms with Crippen LogP contribution < -0.4 is 10.1 Å². The van der Waals surface area contributed by atoms with E-state index in [-0.39, 0.29) is 6.10 Å². The van der Waals surface area contributed by atoms with Gasteiger partial charge in [0.1, 0.15) is 12.4 Å². The summed E-state index contributed by atoms with van der Waals surface area (Å²) in [5.41, 5.74) is 2.09. The number of carboxylic acid groups (broad SMARTS) is 1. The normalized spacial score (nSPS) is 17.0. The number of hydrogen-bond acceptors (Lipinski definition) is 4. The van der Waals surface area contributed by atoms with E-state index >= 15 is 0 Å². The van der Waals surface area contributed by atoms with Crippen LogP contribution in [0.15, 0.2) is 48.5 Å². The van der Waals surface area contributed by atoms with Crippen LogP contribution in [0.2, 0.25) is 0 Å². The van der Waals surface area contributed by atoms with Crippen LogP contribution in [0.4, 0.5) is 5.69 Å². The smallest absolute Gasteiger partial charge is 0.335 e. The maximum Gasteiger partial charge on any atom is 0.335 e. The van der Waals surface area contributed by atoms with Crippen molar-refractivity contribution in [1.82, 2.24) is 0 Å². The van der Waals surface area contributed by atoms with Crippen LogP contribution in [0.5, 0.6) is 5.75 Å². The first-order valence-corrected chi connectivity index (χ1v) is 8.62. The first-order chi connectivity index (χ1) is 12.2. The van der Waals surface area contributed by atoms with Crippen molar-refractivity contribution in [3.63, 3.8) is 0 Å². The Morgan fingerprint density at radius 1 is 1.20 bits per heavy atom. The van der Waals surface area contributed by atoms with Gasteiger partial charge >= 0.3 is 5.97 Å². The van der Waals surface area contributed by atoms with E-state index in [1.165, 1.54) is 6.42 Å². The molecular formula is C20H23NO4. The molecule has 0 amide bonds. The predicted octanol–water partition coefficient (Wildman–Crippen LogP) is 3.94. The highest BCUT2D eigenvalue weighted by Crippen LogP contribution is 2.25. The van der Waals surface area contributed by atoms with E-state index in [4.69, 9.17) is 14.6 Å². The number of anilines is 1. The lowest BCUT2D eigenvalue weighted by molar-refractivity contribution is -0.0109. The largest absolute Gasteiger partial charge is 0.489 e. The van der Waals surface area contributed by atoms with Crippen LogP contribution in [-0.2, 0) is 11.3 Å². The number of para-hydroxylation sites is 2. The lowest BCUT2D eigenvalue weighted by Gasteiger charge is -2.23. The first kappa shape index (κ1) is 17.3. The van der Waals surface area contributed by atoms with Crippen LogP contribution in [0.25, 0.3) is 0 Å². The Kier molecular flexibility index (Phi) is 5.90. The molecule has 2 aromatic carbocycles. The number of ether oxygens (including phenoxy) is 2. The number of hydrogen-bond donors (Lipinski definition) is 2. The van der Waals surface area contributed by atoms with Gasteiger partial charge in [-0.3, -0.25) is 0 Å². The van der Waals surface area contributed by atoms with E-state index in [0.29, 0.717) is 18.7 Å². The summed E-state index contributed by atoms with van der Waals surface area (Å²) < 4.78 is 11.6. The molecule has 3 rings (SSSR count). The predicted molar refractivity (Wildman–Crippen MR) is 96.3 cm³/mol. The summed E-state index contributed by atoms with van der Waals surface area (Å²) in [5.74, 6) is -0.135. The molecule has 2 aromatic rings. The second-order valence-corrected chi connectivity index (χ2v) is 6.15. The van der Waals surface area contributed by atoms with Gasteiger partial charge in [-0.15, -0.1) is 0 Å². The Morgan fingerprint density at radius 3 is 2.88 bits per heavy atom. The molecule has 5 heteroatoms. The van der Waals surface area contributed by atoms with Crippen LogP contribution in [0, 0.1) is 0 Å². The molecule has 0 saturated carbocycles. The van der Waals surface area contributed by atoms with Gasteiger partial charge in [0.05, 0.1) is 17.4 Å².